The highest BCUT2D eigenvalue weighted by Crippen LogP contribution is 2.28. The summed E-state index contributed by atoms with van der Waals surface area (Å²) in [5.41, 5.74) is 4.12. The van der Waals surface area contributed by atoms with Crippen LogP contribution in [-0.2, 0) is 9.53 Å². The normalized spacial score (nSPS) is 10.9. The third-order valence-electron chi connectivity index (χ3n) is 6.48. The molecule has 0 saturated heterocycles. The number of rotatable bonds is 8. The van der Waals surface area contributed by atoms with Gasteiger partial charge in [-0.3, -0.25) is 14.4 Å². The lowest BCUT2D eigenvalue weighted by Crippen LogP contribution is -2.40. The molecule has 0 bridgehead atoms. The molecule has 0 fully saturated rings. The zero-order valence-corrected chi connectivity index (χ0v) is 21.5. The summed E-state index contributed by atoms with van der Waals surface area (Å²) >= 11 is 0. The first kappa shape index (κ1) is 25.9. The van der Waals surface area contributed by atoms with Crippen LogP contribution in [0.1, 0.15) is 27.0 Å². The SMILES string of the molecule is COCCN(CC(=O)Nc1cccc(C)c1C)C(=O)c1cccc2c(=O)c(C)c(-c3ccccc3)oc12. The Bertz CT molecular complexity index is 1510. The molecule has 2 amide bonds. The Labute approximate surface area is 215 Å². The summed E-state index contributed by atoms with van der Waals surface area (Å²) in [6, 6.07) is 19.9. The molecular weight excluding hydrogens is 468 g/mol. The fourth-order valence-corrected chi connectivity index (χ4v) is 4.22. The molecule has 1 heterocycles. The number of methoxy groups -OCH3 is 1. The quantitative estimate of drug-likeness (QED) is 0.365. The van der Waals surface area contributed by atoms with Crippen LogP contribution >= 0.6 is 0 Å². The molecule has 0 radical (unpaired) electrons. The van der Waals surface area contributed by atoms with Crippen LogP contribution in [0.5, 0.6) is 0 Å². The number of nitrogens with zero attached hydrogens (tertiary/aromatic N) is 1. The first-order chi connectivity index (χ1) is 17.8. The molecule has 1 N–H and O–H groups in total. The number of aryl methyl sites for hydroxylation is 1. The fraction of sp³-hybridized carbons (Fsp3) is 0.233. The maximum Gasteiger partial charge on any atom is 0.258 e. The number of hydrogen-bond donors (Lipinski definition) is 1. The van der Waals surface area contributed by atoms with Crippen LogP contribution < -0.4 is 10.7 Å². The summed E-state index contributed by atoms with van der Waals surface area (Å²) in [5.74, 6) is -0.347. The van der Waals surface area contributed by atoms with Crippen LogP contribution in [0, 0.1) is 20.8 Å². The van der Waals surface area contributed by atoms with E-state index in [0.717, 1.165) is 16.7 Å². The molecule has 7 heteroatoms. The van der Waals surface area contributed by atoms with Crippen molar-refractivity contribution in [1.82, 2.24) is 4.90 Å². The number of amides is 2. The van der Waals surface area contributed by atoms with E-state index in [4.69, 9.17) is 9.15 Å². The van der Waals surface area contributed by atoms with E-state index < -0.39 is 5.91 Å². The average molecular weight is 499 g/mol. The highest BCUT2D eigenvalue weighted by Gasteiger charge is 2.24. The zero-order valence-electron chi connectivity index (χ0n) is 21.5. The number of ether oxygens (including phenoxy) is 1. The lowest BCUT2D eigenvalue weighted by molar-refractivity contribution is -0.117. The Morgan fingerprint density at radius 2 is 1.65 bits per heavy atom. The lowest BCUT2D eigenvalue weighted by atomic mass is 10.0. The number of anilines is 1. The molecule has 4 aromatic rings. The van der Waals surface area contributed by atoms with Crippen molar-refractivity contribution in [3.05, 3.63) is 99.2 Å². The Morgan fingerprint density at radius 3 is 2.38 bits per heavy atom. The second-order valence-corrected chi connectivity index (χ2v) is 8.95. The van der Waals surface area contributed by atoms with E-state index in [1.54, 1.807) is 25.1 Å². The second-order valence-electron chi connectivity index (χ2n) is 8.95. The molecule has 0 spiro atoms. The smallest absolute Gasteiger partial charge is 0.258 e. The molecule has 0 atom stereocenters. The standard InChI is InChI=1S/C30H30N2O5/c1-19-10-8-15-25(20(19)2)31-26(33)18-32(16-17-36-4)30(35)24-14-9-13-23-27(34)21(3)28(37-29(23)24)22-11-6-5-7-12-22/h5-15H,16-18H2,1-4H3,(H,31,33). The number of benzene rings is 3. The second kappa shape index (κ2) is 11.2. The van der Waals surface area contributed by atoms with Gasteiger partial charge in [-0.2, -0.15) is 0 Å². The van der Waals surface area contributed by atoms with Gasteiger partial charge in [0.15, 0.2) is 11.0 Å². The van der Waals surface area contributed by atoms with Gasteiger partial charge in [-0.25, -0.2) is 0 Å². The summed E-state index contributed by atoms with van der Waals surface area (Å²) < 4.78 is 11.4. The van der Waals surface area contributed by atoms with Crippen LogP contribution in [0.25, 0.3) is 22.3 Å². The minimum absolute atomic E-state index is 0.187. The summed E-state index contributed by atoms with van der Waals surface area (Å²) in [7, 11) is 1.53. The van der Waals surface area contributed by atoms with Crippen LogP contribution in [0.4, 0.5) is 5.69 Å². The van der Waals surface area contributed by atoms with E-state index in [-0.39, 0.29) is 42.2 Å². The van der Waals surface area contributed by atoms with Crippen LogP contribution in [0.15, 0.2) is 75.9 Å². The molecule has 37 heavy (non-hydrogen) atoms. The van der Waals surface area contributed by atoms with Crippen LogP contribution in [-0.4, -0.2) is 43.5 Å². The average Bonchev–Trinajstić information content (AvgIpc) is 2.91. The third kappa shape index (κ3) is 5.47. The van der Waals surface area contributed by atoms with Gasteiger partial charge in [0.05, 0.1) is 17.6 Å². The molecule has 0 aliphatic heterocycles. The minimum Gasteiger partial charge on any atom is -0.455 e. The van der Waals surface area contributed by atoms with Crippen LogP contribution in [0.3, 0.4) is 0 Å². The van der Waals surface area contributed by atoms with E-state index in [1.807, 2.05) is 62.4 Å². The van der Waals surface area contributed by atoms with Gasteiger partial charge in [0.1, 0.15) is 12.3 Å². The van der Waals surface area contributed by atoms with E-state index >= 15 is 0 Å². The Hall–Kier alpha value is -4.23. The van der Waals surface area contributed by atoms with E-state index in [1.165, 1.54) is 12.0 Å². The molecule has 0 saturated carbocycles. The molecular formula is C30H30N2O5. The van der Waals surface area contributed by atoms with Gasteiger partial charge in [0, 0.05) is 30.5 Å². The highest BCUT2D eigenvalue weighted by molar-refractivity contribution is 6.06. The van der Waals surface area contributed by atoms with Crippen molar-refractivity contribution in [2.45, 2.75) is 20.8 Å². The Kier molecular flexibility index (Phi) is 7.84. The predicted octanol–water partition coefficient (Wildman–Crippen LogP) is 5.11. The summed E-state index contributed by atoms with van der Waals surface area (Å²) in [6.45, 7) is 5.86. The molecule has 0 unspecified atom stereocenters. The van der Waals surface area contributed by atoms with Crippen molar-refractivity contribution in [2.75, 3.05) is 32.1 Å². The van der Waals surface area contributed by atoms with Gasteiger partial charge >= 0.3 is 0 Å². The van der Waals surface area contributed by atoms with Crippen molar-refractivity contribution < 1.29 is 18.7 Å². The predicted molar refractivity (Wildman–Crippen MR) is 145 cm³/mol. The number of para-hydroxylation sites is 1. The van der Waals surface area contributed by atoms with Crippen molar-refractivity contribution in [1.29, 1.82) is 0 Å². The van der Waals surface area contributed by atoms with Gasteiger partial charge in [-0.15, -0.1) is 0 Å². The van der Waals surface area contributed by atoms with Crippen LogP contribution in [0.2, 0.25) is 0 Å². The monoisotopic (exact) mass is 498 g/mol. The first-order valence-corrected chi connectivity index (χ1v) is 12.1. The Morgan fingerprint density at radius 1 is 0.919 bits per heavy atom. The molecule has 4 rings (SSSR count). The van der Waals surface area contributed by atoms with E-state index in [0.29, 0.717) is 22.4 Å². The largest absolute Gasteiger partial charge is 0.455 e. The van der Waals surface area contributed by atoms with Crippen molar-refractivity contribution >= 4 is 28.5 Å². The summed E-state index contributed by atoms with van der Waals surface area (Å²) in [6.07, 6.45) is 0. The van der Waals surface area contributed by atoms with Gasteiger partial charge in [-0.1, -0.05) is 48.5 Å². The highest BCUT2D eigenvalue weighted by atomic mass is 16.5. The van der Waals surface area contributed by atoms with Gasteiger partial charge in [0.2, 0.25) is 5.91 Å². The zero-order chi connectivity index (χ0) is 26.5. The fourth-order valence-electron chi connectivity index (χ4n) is 4.22. The number of nitrogens with one attached hydrogen (secondary N) is 1. The first-order valence-electron chi connectivity index (χ1n) is 12.1. The maximum atomic E-state index is 13.7. The molecule has 3 aromatic carbocycles. The number of hydrogen-bond acceptors (Lipinski definition) is 5. The molecule has 0 aliphatic carbocycles. The summed E-state index contributed by atoms with van der Waals surface area (Å²) in [5, 5.41) is 3.22. The molecule has 190 valence electrons. The van der Waals surface area contributed by atoms with E-state index in [2.05, 4.69) is 5.32 Å². The maximum absolute atomic E-state index is 13.7. The molecule has 7 nitrogen and oxygen atoms in total. The number of carbonyl (C=O) groups is 2. The van der Waals surface area contributed by atoms with Crippen molar-refractivity contribution in [2.24, 2.45) is 0 Å². The third-order valence-corrected chi connectivity index (χ3v) is 6.48. The van der Waals surface area contributed by atoms with Gasteiger partial charge in [-0.05, 0) is 50.1 Å². The van der Waals surface area contributed by atoms with Gasteiger partial charge < -0.3 is 19.4 Å². The van der Waals surface area contributed by atoms with E-state index in [9.17, 15) is 14.4 Å². The van der Waals surface area contributed by atoms with Gasteiger partial charge in [0.25, 0.3) is 5.91 Å². The Balaban J connectivity index is 1.71. The van der Waals surface area contributed by atoms with Crippen molar-refractivity contribution in [3.63, 3.8) is 0 Å². The molecule has 0 aliphatic rings. The minimum atomic E-state index is -0.426. The topological polar surface area (TPSA) is 88.9 Å². The number of carbonyl (C=O) groups excluding carboxylic acids is 2. The number of fused-ring (bicyclic) bond motifs is 1. The van der Waals surface area contributed by atoms with Crippen molar-refractivity contribution in [3.8, 4) is 11.3 Å². The molecule has 1 aromatic heterocycles. The summed E-state index contributed by atoms with van der Waals surface area (Å²) in [4.78, 5) is 41.3. The lowest BCUT2D eigenvalue weighted by Gasteiger charge is -2.23.